The summed E-state index contributed by atoms with van der Waals surface area (Å²) >= 11 is 0. The lowest BCUT2D eigenvalue weighted by Gasteiger charge is -2.23. The first kappa shape index (κ1) is 17.3. The van der Waals surface area contributed by atoms with E-state index in [0.717, 1.165) is 23.3 Å². The topological polar surface area (TPSA) is 51.9 Å². The summed E-state index contributed by atoms with van der Waals surface area (Å²) in [4.78, 5) is 17.6. The van der Waals surface area contributed by atoms with Crippen molar-refractivity contribution >= 4 is 16.9 Å². The molecule has 0 aliphatic carbocycles. The fourth-order valence-electron chi connectivity index (χ4n) is 3.29. The van der Waals surface area contributed by atoms with Crippen LogP contribution in [0.5, 0.6) is 0 Å². The number of aryl methyl sites for hydroxylation is 1. The summed E-state index contributed by atoms with van der Waals surface area (Å²) in [6.45, 7) is 6.26. The summed E-state index contributed by atoms with van der Waals surface area (Å²) < 4.78 is 4.03. The lowest BCUT2D eigenvalue weighted by Crippen LogP contribution is -2.35. The van der Waals surface area contributed by atoms with Crippen LogP contribution >= 0.6 is 0 Å². The van der Waals surface area contributed by atoms with E-state index >= 15 is 0 Å². The third kappa shape index (κ3) is 3.60. The van der Waals surface area contributed by atoms with Crippen LogP contribution in [0.3, 0.4) is 0 Å². The van der Waals surface area contributed by atoms with Crippen molar-refractivity contribution in [2.45, 2.75) is 39.3 Å². The summed E-state index contributed by atoms with van der Waals surface area (Å²) in [7, 11) is 1.99. The molecule has 0 spiro atoms. The molecular weight excluding hydrogens is 312 g/mol. The number of imidazole rings is 1. The Bertz CT molecular complexity index is 848. The minimum Gasteiger partial charge on any atom is -0.345 e. The van der Waals surface area contributed by atoms with Crippen LogP contribution in [-0.2, 0) is 11.8 Å². The van der Waals surface area contributed by atoms with Crippen molar-refractivity contribution in [2.75, 3.05) is 0 Å². The fraction of sp³-hybridized carbons (Fsp3) is 0.400. The molecule has 0 saturated heterocycles. The molecule has 3 rings (SSSR count). The number of aromatic nitrogens is 3. The van der Waals surface area contributed by atoms with E-state index < -0.39 is 0 Å². The first-order valence-corrected chi connectivity index (χ1v) is 8.81. The maximum Gasteiger partial charge on any atom is 0.243 e. The molecule has 5 nitrogen and oxygen atoms in total. The molecule has 3 aromatic rings. The van der Waals surface area contributed by atoms with Gasteiger partial charge in [-0.3, -0.25) is 4.79 Å². The first-order chi connectivity index (χ1) is 12.0. The van der Waals surface area contributed by atoms with Gasteiger partial charge < -0.3 is 14.5 Å². The molecule has 0 aliphatic rings. The highest BCUT2D eigenvalue weighted by Gasteiger charge is 2.24. The summed E-state index contributed by atoms with van der Waals surface area (Å²) in [5.41, 5.74) is 2.02. The second-order valence-corrected chi connectivity index (χ2v) is 7.02. The molecule has 0 bridgehead atoms. The number of amides is 1. The van der Waals surface area contributed by atoms with Gasteiger partial charge in [-0.1, -0.05) is 26.0 Å². The van der Waals surface area contributed by atoms with Gasteiger partial charge in [0.1, 0.15) is 11.9 Å². The average molecular weight is 338 g/mol. The molecule has 2 heterocycles. The van der Waals surface area contributed by atoms with Gasteiger partial charge in [0.05, 0.1) is 17.1 Å². The standard InChI is InChI=1S/C20H26N4O/c1-14(2)13-18(24-11-7-8-12-24)20(25)21-15(3)19-22-16-9-5-6-10-17(16)23(19)4/h5-12,14-15,18H,13H2,1-4H3,(H,21,25)/t15-,18+/m1/s1. The Balaban J connectivity index is 1.81. The number of carbonyl (C=O) groups is 1. The molecule has 1 aromatic carbocycles. The number of benzene rings is 1. The molecule has 0 unspecified atom stereocenters. The maximum atomic E-state index is 12.9. The summed E-state index contributed by atoms with van der Waals surface area (Å²) in [6.07, 6.45) is 4.70. The van der Waals surface area contributed by atoms with Crippen LogP contribution in [0, 0.1) is 5.92 Å². The molecule has 0 radical (unpaired) electrons. The van der Waals surface area contributed by atoms with Crippen molar-refractivity contribution in [1.82, 2.24) is 19.4 Å². The largest absolute Gasteiger partial charge is 0.345 e. The number of nitrogens with zero attached hydrogens (tertiary/aromatic N) is 3. The van der Waals surface area contributed by atoms with Crippen LogP contribution in [0.25, 0.3) is 11.0 Å². The summed E-state index contributed by atoms with van der Waals surface area (Å²) in [5, 5.41) is 3.15. The van der Waals surface area contributed by atoms with Crippen LogP contribution in [0.15, 0.2) is 48.8 Å². The quantitative estimate of drug-likeness (QED) is 0.742. The van der Waals surface area contributed by atoms with E-state index in [0.29, 0.717) is 5.92 Å². The molecular formula is C20H26N4O. The Morgan fingerprint density at radius 2 is 1.80 bits per heavy atom. The monoisotopic (exact) mass is 338 g/mol. The van der Waals surface area contributed by atoms with Gasteiger partial charge in [0.15, 0.2) is 0 Å². The zero-order valence-corrected chi connectivity index (χ0v) is 15.3. The fourth-order valence-corrected chi connectivity index (χ4v) is 3.29. The first-order valence-electron chi connectivity index (χ1n) is 8.81. The number of fused-ring (bicyclic) bond motifs is 1. The van der Waals surface area contributed by atoms with E-state index in [2.05, 4.69) is 24.1 Å². The molecule has 25 heavy (non-hydrogen) atoms. The van der Waals surface area contributed by atoms with Gasteiger partial charge in [0, 0.05) is 19.4 Å². The molecule has 1 N–H and O–H groups in total. The zero-order valence-electron chi connectivity index (χ0n) is 15.3. The summed E-state index contributed by atoms with van der Waals surface area (Å²) in [5.74, 6) is 1.33. The number of carbonyl (C=O) groups excluding carboxylic acids is 1. The highest BCUT2D eigenvalue weighted by atomic mass is 16.2. The van der Waals surface area contributed by atoms with Gasteiger partial charge in [-0.25, -0.2) is 4.98 Å². The molecule has 0 fully saturated rings. The van der Waals surface area contributed by atoms with Crippen LogP contribution in [-0.4, -0.2) is 20.0 Å². The number of hydrogen-bond donors (Lipinski definition) is 1. The molecule has 2 aromatic heterocycles. The Hall–Kier alpha value is -2.56. The number of hydrogen-bond acceptors (Lipinski definition) is 2. The van der Waals surface area contributed by atoms with E-state index in [9.17, 15) is 4.79 Å². The SMILES string of the molecule is CC(C)C[C@@H](C(=O)N[C@H](C)c1nc2ccccc2n1C)n1cccc1. The van der Waals surface area contributed by atoms with E-state index in [1.54, 1.807) is 0 Å². The lowest BCUT2D eigenvalue weighted by molar-refractivity contribution is -0.125. The Morgan fingerprint density at radius 3 is 2.44 bits per heavy atom. The zero-order chi connectivity index (χ0) is 18.0. The van der Waals surface area contributed by atoms with Crippen molar-refractivity contribution in [3.8, 4) is 0 Å². The number of rotatable bonds is 6. The van der Waals surface area contributed by atoms with Crippen molar-refractivity contribution < 1.29 is 4.79 Å². The molecule has 0 aliphatic heterocycles. The van der Waals surface area contributed by atoms with Gasteiger partial charge in [-0.15, -0.1) is 0 Å². The molecule has 1 amide bonds. The van der Waals surface area contributed by atoms with Crippen LogP contribution in [0.1, 0.15) is 45.1 Å². The number of para-hydroxylation sites is 2. The molecule has 0 saturated carbocycles. The predicted octanol–water partition coefficient (Wildman–Crippen LogP) is 3.84. The van der Waals surface area contributed by atoms with Crippen LogP contribution < -0.4 is 5.32 Å². The average Bonchev–Trinajstić information content (AvgIpc) is 3.21. The van der Waals surface area contributed by atoms with Gasteiger partial charge in [0.2, 0.25) is 5.91 Å². The van der Waals surface area contributed by atoms with E-state index in [1.165, 1.54) is 0 Å². The van der Waals surface area contributed by atoms with Crippen molar-refractivity contribution in [1.29, 1.82) is 0 Å². The normalized spacial score (nSPS) is 14.0. The van der Waals surface area contributed by atoms with Crippen molar-refractivity contribution in [3.63, 3.8) is 0 Å². The number of nitrogens with one attached hydrogen (secondary N) is 1. The van der Waals surface area contributed by atoms with Crippen molar-refractivity contribution in [3.05, 3.63) is 54.6 Å². The minimum absolute atomic E-state index is 0.0319. The van der Waals surface area contributed by atoms with E-state index in [-0.39, 0.29) is 18.0 Å². The summed E-state index contributed by atoms with van der Waals surface area (Å²) in [6, 6.07) is 11.6. The van der Waals surface area contributed by atoms with Crippen LogP contribution in [0.2, 0.25) is 0 Å². The van der Waals surface area contributed by atoms with Crippen LogP contribution in [0.4, 0.5) is 0 Å². The highest BCUT2D eigenvalue weighted by molar-refractivity contribution is 5.81. The predicted molar refractivity (Wildman–Crippen MR) is 100 cm³/mol. The Kier molecular flexibility index (Phi) is 4.93. The van der Waals surface area contributed by atoms with E-state index in [4.69, 9.17) is 0 Å². The van der Waals surface area contributed by atoms with E-state index in [1.807, 2.05) is 71.9 Å². The molecule has 5 heteroatoms. The molecule has 2 atom stereocenters. The van der Waals surface area contributed by atoms with Gasteiger partial charge in [0.25, 0.3) is 0 Å². The van der Waals surface area contributed by atoms with Gasteiger partial charge in [-0.05, 0) is 43.5 Å². The second-order valence-electron chi connectivity index (χ2n) is 7.02. The minimum atomic E-state index is -0.202. The van der Waals surface area contributed by atoms with Gasteiger partial charge in [-0.2, -0.15) is 0 Å². The second kappa shape index (κ2) is 7.13. The Labute approximate surface area is 148 Å². The van der Waals surface area contributed by atoms with Crippen molar-refractivity contribution in [2.24, 2.45) is 13.0 Å². The lowest BCUT2D eigenvalue weighted by atomic mass is 10.0. The Morgan fingerprint density at radius 1 is 1.12 bits per heavy atom. The molecule has 132 valence electrons. The maximum absolute atomic E-state index is 12.9. The highest BCUT2D eigenvalue weighted by Crippen LogP contribution is 2.22. The smallest absolute Gasteiger partial charge is 0.243 e. The third-order valence-corrected chi connectivity index (χ3v) is 4.55. The van der Waals surface area contributed by atoms with Gasteiger partial charge >= 0.3 is 0 Å². The third-order valence-electron chi connectivity index (χ3n) is 4.55.